The summed E-state index contributed by atoms with van der Waals surface area (Å²) in [5.41, 5.74) is 9.46. The van der Waals surface area contributed by atoms with Gasteiger partial charge in [0, 0.05) is 18.2 Å². The third kappa shape index (κ3) is 3.95. The zero-order chi connectivity index (χ0) is 27.2. The SMILES string of the molecule is CCc1nc2ccn(Cc3ccccc3C)c(=O)c2n1[C@H]1CCc2cc(-c3ccccc3-c3nn[nH]n3)ccc21. The van der Waals surface area contributed by atoms with Crippen molar-refractivity contribution in [2.24, 2.45) is 0 Å². The van der Waals surface area contributed by atoms with Crippen LogP contribution in [0.1, 0.15) is 47.5 Å². The van der Waals surface area contributed by atoms with Crippen LogP contribution in [0.2, 0.25) is 0 Å². The minimum atomic E-state index is 0.00654. The van der Waals surface area contributed by atoms with Crippen LogP contribution in [0.25, 0.3) is 33.5 Å². The minimum absolute atomic E-state index is 0.00654. The van der Waals surface area contributed by atoms with E-state index >= 15 is 0 Å². The molecule has 8 nitrogen and oxygen atoms in total. The fourth-order valence-electron chi connectivity index (χ4n) is 6.11. The highest BCUT2D eigenvalue weighted by Gasteiger charge is 2.29. The molecule has 0 amide bonds. The van der Waals surface area contributed by atoms with E-state index in [1.807, 2.05) is 47.2 Å². The number of nitrogens with zero attached hydrogens (tertiary/aromatic N) is 6. The van der Waals surface area contributed by atoms with Crippen LogP contribution in [-0.4, -0.2) is 34.7 Å². The molecule has 40 heavy (non-hydrogen) atoms. The van der Waals surface area contributed by atoms with Crippen molar-refractivity contribution in [1.29, 1.82) is 0 Å². The molecule has 0 aliphatic heterocycles. The number of imidazole rings is 1. The molecule has 0 fully saturated rings. The summed E-state index contributed by atoms with van der Waals surface area (Å²) in [4.78, 5) is 18.8. The summed E-state index contributed by atoms with van der Waals surface area (Å²) < 4.78 is 4.03. The second-order valence-corrected chi connectivity index (χ2v) is 10.4. The molecule has 8 heteroatoms. The number of aromatic nitrogens is 7. The van der Waals surface area contributed by atoms with Gasteiger partial charge in [-0.1, -0.05) is 73.7 Å². The number of H-pyrrole nitrogens is 1. The van der Waals surface area contributed by atoms with Gasteiger partial charge in [-0.3, -0.25) is 4.79 Å². The number of aromatic amines is 1. The van der Waals surface area contributed by atoms with Gasteiger partial charge in [0.25, 0.3) is 5.56 Å². The first-order valence-electron chi connectivity index (χ1n) is 13.7. The van der Waals surface area contributed by atoms with E-state index in [-0.39, 0.29) is 11.6 Å². The van der Waals surface area contributed by atoms with Crippen molar-refractivity contribution < 1.29 is 0 Å². The summed E-state index contributed by atoms with van der Waals surface area (Å²) in [5, 5.41) is 14.7. The molecule has 1 aliphatic rings. The molecule has 3 aromatic heterocycles. The fraction of sp³-hybridized carbons (Fsp3) is 0.219. The molecule has 0 bridgehead atoms. The third-order valence-electron chi connectivity index (χ3n) is 8.13. The predicted molar refractivity (Wildman–Crippen MR) is 155 cm³/mol. The quantitative estimate of drug-likeness (QED) is 0.309. The lowest BCUT2D eigenvalue weighted by Gasteiger charge is -2.18. The number of fused-ring (bicyclic) bond motifs is 2. The van der Waals surface area contributed by atoms with Crippen LogP contribution in [0.4, 0.5) is 0 Å². The Hall–Kier alpha value is -4.85. The van der Waals surface area contributed by atoms with Crippen molar-refractivity contribution >= 4 is 11.0 Å². The fourth-order valence-corrected chi connectivity index (χ4v) is 6.11. The van der Waals surface area contributed by atoms with E-state index in [9.17, 15) is 4.79 Å². The first-order chi connectivity index (χ1) is 19.6. The molecular weight excluding hydrogens is 498 g/mol. The number of pyridine rings is 1. The van der Waals surface area contributed by atoms with Gasteiger partial charge >= 0.3 is 0 Å². The highest BCUT2D eigenvalue weighted by molar-refractivity contribution is 5.81. The molecule has 3 aromatic carbocycles. The maximum Gasteiger partial charge on any atom is 0.277 e. The molecule has 6 aromatic rings. The lowest BCUT2D eigenvalue weighted by atomic mass is 9.96. The highest BCUT2D eigenvalue weighted by atomic mass is 16.1. The third-order valence-corrected chi connectivity index (χ3v) is 8.13. The van der Waals surface area contributed by atoms with E-state index in [1.54, 1.807) is 0 Å². The molecule has 1 aliphatic carbocycles. The van der Waals surface area contributed by atoms with Crippen LogP contribution in [0.15, 0.2) is 83.8 Å². The van der Waals surface area contributed by atoms with E-state index in [2.05, 4.69) is 75.4 Å². The highest BCUT2D eigenvalue weighted by Crippen LogP contribution is 2.40. The van der Waals surface area contributed by atoms with Gasteiger partial charge in [-0.25, -0.2) is 4.98 Å². The molecule has 0 unspecified atom stereocenters. The summed E-state index contributed by atoms with van der Waals surface area (Å²) in [5.74, 6) is 1.53. The van der Waals surface area contributed by atoms with Crippen molar-refractivity contribution in [2.75, 3.05) is 0 Å². The minimum Gasteiger partial charge on any atom is -0.316 e. The molecular formula is C32H29N7O. The average molecular weight is 528 g/mol. The Bertz CT molecular complexity index is 1920. The lowest BCUT2D eigenvalue weighted by molar-refractivity contribution is 0.567. The van der Waals surface area contributed by atoms with Crippen LogP contribution in [0.5, 0.6) is 0 Å². The van der Waals surface area contributed by atoms with Gasteiger partial charge in [0.2, 0.25) is 5.82 Å². The zero-order valence-electron chi connectivity index (χ0n) is 22.5. The molecule has 0 saturated heterocycles. The Kier molecular flexibility index (Phi) is 5.88. The van der Waals surface area contributed by atoms with Crippen molar-refractivity contribution in [3.05, 3.63) is 117 Å². The summed E-state index contributed by atoms with van der Waals surface area (Å²) >= 11 is 0. The predicted octanol–water partition coefficient (Wildman–Crippen LogP) is 5.50. The summed E-state index contributed by atoms with van der Waals surface area (Å²) in [6, 6.07) is 25.1. The second kappa shape index (κ2) is 9.72. The van der Waals surface area contributed by atoms with Gasteiger partial charge in [0.1, 0.15) is 11.3 Å². The monoisotopic (exact) mass is 527 g/mol. The van der Waals surface area contributed by atoms with Crippen molar-refractivity contribution in [3.63, 3.8) is 0 Å². The molecule has 1 atom stereocenters. The first kappa shape index (κ1) is 24.2. The number of nitrogens with one attached hydrogen (secondary N) is 1. The van der Waals surface area contributed by atoms with E-state index in [1.165, 1.54) is 16.7 Å². The van der Waals surface area contributed by atoms with Crippen molar-refractivity contribution in [1.82, 2.24) is 34.7 Å². The smallest absolute Gasteiger partial charge is 0.277 e. The van der Waals surface area contributed by atoms with E-state index in [0.29, 0.717) is 17.9 Å². The molecule has 3 heterocycles. The number of tetrazole rings is 1. The number of rotatable bonds is 6. The molecule has 0 saturated carbocycles. The van der Waals surface area contributed by atoms with Gasteiger partial charge < -0.3 is 9.13 Å². The molecule has 198 valence electrons. The number of hydrogen-bond donors (Lipinski definition) is 1. The van der Waals surface area contributed by atoms with Crippen LogP contribution in [0, 0.1) is 6.92 Å². The Labute approximate surface area is 231 Å². The first-order valence-corrected chi connectivity index (χ1v) is 13.7. The molecule has 7 rings (SSSR count). The van der Waals surface area contributed by atoms with Gasteiger partial charge in [0.05, 0.1) is 18.1 Å². The standard InChI is InChI=1S/C32H29N7O/c1-3-29-33-27-16-17-38(19-23-9-5-4-8-20(23)2)32(40)30(27)39(29)28-15-13-22-18-21(12-14-25(22)28)24-10-6-7-11-26(24)31-34-36-37-35-31/h4-12,14,16-18,28H,3,13,15,19H2,1-2H3,(H,34,35,36,37)/t28-/m0/s1. The van der Waals surface area contributed by atoms with Crippen molar-refractivity contribution in [3.8, 4) is 22.5 Å². The van der Waals surface area contributed by atoms with Crippen LogP contribution < -0.4 is 5.56 Å². The maximum absolute atomic E-state index is 13.9. The topological polar surface area (TPSA) is 94.3 Å². The Balaban J connectivity index is 1.31. The van der Waals surface area contributed by atoms with E-state index < -0.39 is 0 Å². The zero-order valence-corrected chi connectivity index (χ0v) is 22.5. The van der Waals surface area contributed by atoms with Crippen LogP contribution >= 0.6 is 0 Å². The Morgan fingerprint density at radius 2 is 1.82 bits per heavy atom. The second-order valence-electron chi connectivity index (χ2n) is 10.4. The number of aryl methyl sites for hydroxylation is 3. The van der Waals surface area contributed by atoms with Crippen molar-refractivity contribution in [2.45, 2.75) is 45.7 Å². The summed E-state index contributed by atoms with van der Waals surface area (Å²) in [6.07, 6.45) is 4.50. The van der Waals surface area contributed by atoms with E-state index in [4.69, 9.17) is 4.98 Å². The number of hydrogen-bond acceptors (Lipinski definition) is 5. The largest absolute Gasteiger partial charge is 0.316 e. The summed E-state index contributed by atoms with van der Waals surface area (Å²) in [7, 11) is 0. The van der Waals surface area contributed by atoms with Gasteiger partial charge in [-0.05, 0) is 64.4 Å². The normalized spacial score (nSPS) is 14.6. The van der Waals surface area contributed by atoms with Gasteiger partial charge in [-0.15, -0.1) is 10.2 Å². The van der Waals surface area contributed by atoms with Gasteiger partial charge in [-0.2, -0.15) is 5.21 Å². The lowest BCUT2D eigenvalue weighted by Crippen LogP contribution is -2.24. The maximum atomic E-state index is 13.9. The average Bonchev–Trinajstić information content (AvgIpc) is 3.74. The molecule has 1 N–H and O–H groups in total. The molecule has 0 spiro atoms. The molecule has 0 radical (unpaired) electrons. The van der Waals surface area contributed by atoms with E-state index in [0.717, 1.165) is 52.9 Å². The Morgan fingerprint density at radius 3 is 2.62 bits per heavy atom. The Morgan fingerprint density at radius 1 is 1.00 bits per heavy atom. The van der Waals surface area contributed by atoms with Gasteiger partial charge in [0.15, 0.2) is 0 Å². The van der Waals surface area contributed by atoms with Crippen LogP contribution in [-0.2, 0) is 19.4 Å². The summed E-state index contributed by atoms with van der Waals surface area (Å²) in [6.45, 7) is 4.73. The van der Waals surface area contributed by atoms with Crippen LogP contribution in [0.3, 0.4) is 0 Å². The number of benzene rings is 3.